The van der Waals surface area contributed by atoms with Gasteiger partial charge in [-0.25, -0.2) is 4.98 Å². The van der Waals surface area contributed by atoms with E-state index in [0.29, 0.717) is 5.56 Å². The third kappa shape index (κ3) is 3.52. The Hall–Kier alpha value is -2.88. The molecule has 4 rings (SSSR count). The second-order valence-corrected chi connectivity index (χ2v) is 7.34. The lowest BCUT2D eigenvalue weighted by Gasteiger charge is -2.35. The Morgan fingerprint density at radius 2 is 2.07 bits per heavy atom. The van der Waals surface area contributed by atoms with Crippen molar-refractivity contribution in [1.29, 1.82) is 5.26 Å². The molecule has 0 spiro atoms. The van der Waals surface area contributed by atoms with Gasteiger partial charge < -0.3 is 14.3 Å². The number of carbonyl (C=O) groups excluding carboxylic acids is 1. The number of hydrogen-bond donors (Lipinski definition) is 0. The van der Waals surface area contributed by atoms with Gasteiger partial charge in [0.15, 0.2) is 5.76 Å². The molecule has 2 aromatic rings. The zero-order valence-electron chi connectivity index (χ0n) is 15.5. The van der Waals surface area contributed by atoms with Crippen molar-refractivity contribution in [3.8, 4) is 6.07 Å². The molecule has 0 aliphatic carbocycles. The monoisotopic (exact) mass is 365 g/mol. The van der Waals surface area contributed by atoms with Crippen molar-refractivity contribution in [2.45, 2.75) is 38.6 Å². The van der Waals surface area contributed by atoms with Crippen LogP contribution in [0.3, 0.4) is 0 Å². The number of anilines is 1. The summed E-state index contributed by atoms with van der Waals surface area (Å²) in [7, 11) is 0. The van der Waals surface area contributed by atoms with E-state index in [2.05, 4.69) is 21.1 Å². The molecule has 0 bridgehead atoms. The van der Waals surface area contributed by atoms with Crippen LogP contribution in [-0.2, 0) is 4.79 Å². The Bertz CT molecular complexity index is 846. The molecule has 0 aromatic carbocycles. The highest BCUT2D eigenvalue weighted by Gasteiger charge is 2.37. The van der Waals surface area contributed by atoms with E-state index in [1.807, 2.05) is 24.0 Å². The number of piperidine rings is 1. The number of rotatable bonds is 3. The predicted molar refractivity (Wildman–Crippen MR) is 98.8 cm³/mol. The van der Waals surface area contributed by atoms with Crippen LogP contribution in [0, 0.1) is 24.2 Å². The lowest BCUT2D eigenvalue weighted by molar-refractivity contribution is -0.137. The summed E-state index contributed by atoms with van der Waals surface area (Å²) in [6.07, 6.45) is 5.18. The molecule has 0 saturated carbocycles. The summed E-state index contributed by atoms with van der Waals surface area (Å²) >= 11 is 0. The summed E-state index contributed by atoms with van der Waals surface area (Å²) in [6.45, 7) is 4.30. The Labute approximate surface area is 158 Å². The van der Waals surface area contributed by atoms with E-state index in [1.54, 1.807) is 12.3 Å². The lowest BCUT2D eigenvalue weighted by Crippen LogP contribution is -2.42. The first kappa shape index (κ1) is 17.5. The SMILES string of the molecule is Cc1cc([C@H]2CCCN2C(=O)C2CCN(c3ccc(C#N)cn3)CC2)on1. The number of amides is 1. The number of nitrogens with zero attached hydrogens (tertiary/aromatic N) is 5. The molecule has 140 valence electrons. The third-order valence-corrected chi connectivity index (χ3v) is 5.56. The van der Waals surface area contributed by atoms with Gasteiger partial charge >= 0.3 is 0 Å². The van der Waals surface area contributed by atoms with E-state index in [1.165, 1.54) is 0 Å². The Morgan fingerprint density at radius 3 is 2.70 bits per heavy atom. The van der Waals surface area contributed by atoms with E-state index in [9.17, 15) is 4.79 Å². The van der Waals surface area contributed by atoms with Gasteiger partial charge in [-0.15, -0.1) is 0 Å². The van der Waals surface area contributed by atoms with Crippen LogP contribution >= 0.6 is 0 Å². The molecule has 2 aliphatic heterocycles. The molecule has 2 aromatic heterocycles. The maximum atomic E-state index is 13.1. The van der Waals surface area contributed by atoms with Crippen LogP contribution in [0.25, 0.3) is 0 Å². The summed E-state index contributed by atoms with van der Waals surface area (Å²) in [6, 6.07) is 7.71. The average Bonchev–Trinajstić information content (AvgIpc) is 3.36. The van der Waals surface area contributed by atoms with Gasteiger partial charge in [0.1, 0.15) is 11.9 Å². The average molecular weight is 365 g/mol. The van der Waals surface area contributed by atoms with Crippen molar-refractivity contribution < 1.29 is 9.32 Å². The summed E-state index contributed by atoms with van der Waals surface area (Å²) in [5.41, 5.74) is 1.42. The van der Waals surface area contributed by atoms with Gasteiger partial charge in [0.2, 0.25) is 5.91 Å². The molecule has 4 heterocycles. The maximum Gasteiger partial charge on any atom is 0.226 e. The fourth-order valence-corrected chi connectivity index (χ4v) is 4.10. The number of aryl methyl sites for hydroxylation is 1. The molecule has 7 heteroatoms. The largest absolute Gasteiger partial charge is 0.359 e. The number of hydrogen-bond acceptors (Lipinski definition) is 6. The van der Waals surface area contributed by atoms with Gasteiger partial charge in [0, 0.05) is 37.8 Å². The Morgan fingerprint density at radius 1 is 1.26 bits per heavy atom. The second-order valence-electron chi connectivity index (χ2n) is 7.34. The van der Waals surface area contributed by atoms with Gasteiger partial charge in [-0.2, -0.15) is 5.26 Å². The van der Waals surface area contributed by atoms with Gasteiger partial charge in [-0.1, -0.05) is 5.16 Å². The first-order chi connectivity index (χ1) is 13.2. The molecule has 1 atom stereocenters. The smallest absolute Gasteiger partial charge is 0.226 e. The zero-order valence-corrected chi connectivity index (χ0v) is 15.5. The van der Waals surface area contributed by atoms with Crippen molar-refractivity contribution in [1.82, 2.24) is 15.0 Å². The molecule has 0 radical (unpaired) electrons. The molecule has 2 saturated heterocycles. The summed E-state index contributed by atoms with van der Waals surface area (Å²) in [5.74, 6) is 1.96. The third-order valence-electron chi connectivity index (χ3n) is 5.56. The fourth-order valence-electron chi connectivity index (χ4n) is 4.10. The first-order valence-corrected chi connectivity index (χ1v) is 9.50. The summed E-state index contributed by atoms with van der Waals surface area (Å²) in [4.78, 5) is 21.6. The van der Waals surface area contributed by atoms with Gasteiger partial charge in [0.05, 0.1) is 17.3 Å². The molecule has 0 unspecified atom stereocenters. The number of nitriles is 1. The minimum atomic E-state index is 0.0249. The van der Waals surface area contributed by atoms with E-state index >= 15 is 0 Å². The van der Waals surface area contributed by atoms with Crippen LogP contribution in [0.1, 0.15) is 48.7 Å². The standard InChI is InChI=1S/C20H23N5O2/c1-14-11-18(27-23-14)17-3-2-8-25(17)20(26)16-6-9-24(10-7-16)19-5-4-15(12-21)13-22-19/h4-5,11,13,16-17H,2-3,6-10H2,1H3/t17-/m1/s1. The number of carbonyl (C=O) groups is 1. The molecule has 0 N–H and O–H groups in total. The van der Waals surface area contributed by atoms with Crippen molar-refractivity contribution in [3.63, 3.8) is 0 Å². The normalized spacial score (nSPS) is 20.7. The lowest BCUT2D eigenvalue weighted by atomic mass is 9.94. The van der Waals surface area contributed by atoms with Crippen molar-refractivity contribution in [2.75, 3.05) is 24.5 Å². The molecule has 1 amide bonds. The molecule has 2 aliphatic rings. The molecular weight excluding hydrogens is 342 g/mol. The highest BCUT2D eigenvalue weighted by atomic mass is 16.5. The Balaban J connectivity index is 1.38. The minimum absolute atomic E-state index is 0.0249. The maximum absolute atomic E-state index is 13.1. The quantitative estimate of drug-likeness (QED) is 0.831. The fraction of sp³-hybridized carbons (Fsp3) is 0.500. The number of likely N-dealkylation sites (tertiary alicyclic amines) is 1. The van der Waals surface area contributed by atoms with Crippen LogP contribution in [0.2, 0.25) is 0 Å². The van der Waals surface area contributed by atoms with Gasteiger partial charge in [-0.05, 0) is 44.7 Å². The van der Waals surface area contributed by atoms with Crippen molar-refractivity contribution in [3.05, 3.63) is 41.4 Å². The van der Waals surface area contributed by atoms with Crippen LogP contribution in [0.4, 0.5) is 5.82 Å². The van der Waals surface area contributed by atoms with Crippen molar-refractivity contribution >= 4 is 11.7 Å². The number of aromatic nitrogens is 2. The highest BCUT2D eigenvalue weighted by molar-refractivity contribution is 5.80. The van der Waals surface area contributed by atoms with Gasteiger partial charge in [0.25, 0.3) is 0 Å². The molecule has 27 heavy (non-hydrogen) atoms. The topological polar surface area (TPSA) is 86.3 Å². The summed E-state index contributed by atoms with van der Waals surface area (Å²) < 4.78 is 5.43. The van der Waals surface area contributed by atoms with E-state index in [4.69, 9.17) is 9.78 Å². The second kappa shape index (κ2) is 7.39. The van der Waals surface area contributed by atoms with Gasteiger partial charge in [-0.3, -0.25) is 4.79 Å². The van der Waals surface area contributed by atoms with E-state index in [0.717, 1.165) is 62.6 Å². The van der Waals surface area contributed by atoms with Crippen molar-refractivity contribution in [2.24, 2.45) is 5.92 Å². The zero-order chi connectivity index (χ0) is 18.8. The van der Waals surface area contributed by atoms with E-state index in [-0.39, 0.29) is 17.9 Å². The first-order valence-electron chi connectivity index (χ1n) is 9.50. The molecular formula is C20H23N5O2. The van der Waals surface area contributed by atoms with Crippen LogP contribution in [-0.4, -0.2) is 40.6 Å². The predicted octanol–water partition coefficient (Wildman–Crippen LogP) is 2.83. The van der Waals surface area contributed by atoms with Crippen LogP contribution < -0.4 is 4.90 Å². The summed E-state index contributed by atoms with van der Waals surface area (Å²) in [5, 5.41) is 12.9. The van der Waals surface area contributed by atoms with Crippen LogP contribution in [0.5, 0.6) is 0 Å². The Kier molecular flexibility index (Phi) is 4.80. The van der Waals surface area contributed by atoms with E-state index < -0.39 is 0 Å². The minimum Gasteiger partial charge on any atom is -0.359 e. The number of pyridine rings is 1. The van der Waals surface area contributed by atoms with Crippen LogP contribution in [0.15, 0.2) is 28.9 Å². The highest BCUT2D eigenvalue weighted by Crippen LogP contribution is 2.35. The molecule has 7 nitrogen and oxygen atoms in total. The molecule has 2 fully saturated rings.